The molecule has 23 heavy (non-hydrogen) atoms. The number of nitrogens with zero attached hydrogens (tertiary/aromatic N) is 1. The predicted octanol–water partition coefficient (Wildman–Crippen LogP) is 3.97. The summed E-state index contributed by atoms with van der Waals surface area (Å²) in [5.41, 5.74) is 1.70. The normalized spacial score (nSPS) is 14.2. The number of benzene rings is 2. The number of hydrogen-bond donors (Lipinski definition) is 1. The van der Waals surface area contributed by atoms with Gasteiger partial charge in [-0.2, -0.15) is 0 Å². The van der Waals surface area contributed by atoms with Crippen LogP contribution in [-0.4, -0.2) is 18.4 Å². The average Bonchev–Trinajstić information content (AvgIpc) is 2.93. The summed E-state index contributed by atoms with van der Waals surface area (Å²) in [7, 11) is 0. The molecule has 2 aromatic rings. The molecule has 1 saturated heterocycles. The molecular weight excluding hydrogens is 363 g/mol. The monoisotopic (exact) mass is 376 g/mol. The first-order valence-electron chi connectivity index (χ1n) is 7.21. The number of halogens is 2. The third kappa shape index (κ3) is 3.42. The number of carbonyl (C=O) groups excluding carboxylic acids is 2. The summed E-state index contributed by atoms with van der Waals surface area (Å²) >= 11 is 3.18. The highest BCUT2D eigenvalue weighted by Crippen LogP contribution is 2.25. The van der Waals surface area contributed by atoms with E-state index in [1.807, 2.05) is 6.07 Å². The Morgan fingerprint density at radius 3 is 2.74 bits per heavy atom. The Bertz CT molecular complexity index is 779. The topological polar surface area (TPSA) is 49.4 Å². The number of amides is 2. The molecular formula is C17H14BrFN2O2. The summed E-state index contributed by atoms with van der Waals surface area (Å²) < 4.78 is 13.5. The van der Waals surface area contributed by atoms with Gasteiger partial charge >= 0.3 is 0 Å². The fourth-order valence-corrected chi connectivity index (χ4v) is 3.08. The number of rotatable bonds is 3. The highest BCUT2D eigenvalue weighted by Gasteiger charge is 2.22. The van der Waals surface area contributed by atoms with Crippen molar-refractivity contribution in [3.8, 4) is 0 Å². The van der Waals surface area contributed by atoms with Crippen molar-refractivity contribution in [3.63, 3.8) is 0 Å². The van der Waals surface area contributed by atoms with E-state index in [0.717, 1.165) is 12.1 Å². The number of nitrogens with one attached hydrogen (secondary N) is 1. The van der Waals surface area contributed by atoms with Crippen LogP contribution in [0.1, 0.15) is 23.2 Å². The zero-order valence-electron chi connectivity index (χ0n) is 12.2. The maximum absolute atomic E-state index is 13.1. The molecule has 2 amide bonds. The van der Waals surface area contributed by atoms with E-state index in [0.29, 0.717) is 28.7 Å². The molecule has 0 radical (unpaired) electrons. The van der Waals surface area contributed by atoms with Crippen molar-refractivity contribution >= 4 is 39.1 Å². The second-order valence-corrected chi connectivity index (χ2v) is 6.13. The fourth-order valence-electron chi connectivity index (χ4n) is 2.54. The van der Waals surface area contributed by atoms with E-state index in [9.17, 15) is 14.0 Å². The lowest BCUT2D eigenvalue weighted by molar-refractivity contribution is -0.117. The van der Waals surface area contributed by atoms with Gasteiger partial charge in [0.05, 0.1) is 5.56 Å². The zero-order chi connectivity index (χ0) is 16.4. The third-order valence-electron chi connectivity index (χ3n) is 3.66. The zero-order valence-corrected chi connectivity index (χ0v) is 13.8. The summed E-state index contributed by atoms with van der Waals surface area (Å²) in [5, 5.41) is 2.77. The van der Waals surface area contributed by atoms with E-state index < -0.39 is 5.82 Å². The lowest BCUT2D eigenvalue weighted by Crippen LogP contribution is -2.23. The Hall–Kier alpha value is -2.21. The van der Waals surface area contributed by atoms with Gasteiger partial charge < -0.3 is 10.2 Å². The number of hydrogen-bond acceptors (Lipinski definition) is 2. The minimum atomic E-state index is -0.414. The molecule has 1 aliphatic heterocycles. The van der Waals surface area contributed by atoms with Crippen LogP contribution in [0.4, 0.5) is 15.8 Å². The summed E-state index contributed by atoms with van der Waals surface area (Å²) in [4.78, 5) is 25.8. The van der Waals surface area contributed by atoms with Crippen molar-refractivity contribution in [2.45, 2.75) is 12.8 Å². The van der Waals surface area contributed by atoms with Crippen molar-refractivity contribution in [1.82, 2.24) is 0 Å². The molecule has 0 saturated carbocycles. The molecule has 1 heterocycles. The molecule has 1 aliphatic rings. The second-order valence-electron chi connectivity index (χ2n) is 5.28. The molecule has 1 N–H and O–H groups in total. The SMILES string of the molecule is O=C(Nc1cccc(N2CCCC2=O)c1)c1ccc(F)cc1Br. The van der Waals surface area contributed by atoms with Gasteiger partial charge in [-0.3, -0.25) is 9.59 Å². The maximum atomic E-state index is 13.1. The Morgan fingerprint density at radius 2 is 2.04 bits per heavy atom. The molecule has 0 unspecified atom stereocenters. The van der Waals surface area contributed by atoms with E-state index >= 15 is 0 Å². The lowest BCUT2D eigenvalue weighted by Gasteiger charge is -2.17. The molecule has 0 spiro atoms. The molecule has 6 heteroatoms. The van der Waals surface area contributed by atoms with Gasteiger partial charge in [0.25, 0.3) is 5.91 Å². The van der Waals surface area contributed by atoms with E-state index in [4.69, 9.17) is 0 Å². The Balaban J connectivity index is 1.80. The largest absolute Gasteiger partial charge is 0.322 e. The van der Waals surface area contributed by atoms with Gasteiger partial charge in [-0.25, -0.2) is 4.39 Å². The number of carbonyl (C=O) groups is 2. The van der Waals surface area contributed by atoms with E-state index in [-0.39, 0.29) is 11.8 Å². The molecule has 1 fully saturated rings. The van der Waals surface area contributed by atoms with Gasteiger partial charge in [-0.15, -0.1) is 0 Å². The summed E-state index contributed by atoms with van der Waals surface area (Å²) in [5.74, 6) is -0.667. The van der Waals surface area contributed by atoms with Crippen molar-refractivity contribution < 1.29 is 14.0 Å². The van der Waals surface area contributed by atoms with Crippen LogP contribution < -0.4 is 10.2 Å². The van der Waals surface area contributed by atoms with Crippen molar-refractivity contribution in [2.24, 2.45) is 0 Å². The van der Waals surface area contributed by atoms with E-state index in [1.165, 1.54) is 18.2 Å². The number of anilines is 2. The minimum absolute atomic E-state index is 0.0924. The van der Waals surface area contributed by atoms with Gasteiger partial charge in [0.15, 0.2) is 0 Å². The molecule has 0 aromatic heterocycles. The van der Waals surface area contributed by atoms with E-state index in [2.05, 4.69) is 21.2 Å². The maximum Gasteiger partial charge on any atom is 0.256 e. The predicted molar refractivity (Wildman–Crippen MR) is 90.1 cm³/mol. The first kappa shape index (κ1) is 15.7. The first-order valence-corrected chi connectivity index (χ1v) is 8.01. The summed E-state index contributed by atoms with van der Waals surface area (Å²) in [6, 6.07) is 11.0. The Kier molecular flexibility index (Phi) is 4.43. The minimum Gasteiger partial charge on any atom is -0.322 e. The standard InChI is InChI=1S/C17H14BrFN2O2/c18-15-9-11(19)6-7-14(15)17(23)20-12-3-1-4-13(10-12)21-8-2-5-16(21)22/h1,3-4,6-7,9-10H,2,5,8H2,(H,20,23). The van der Waals surface area contributed by atoms with Gasteiger partial charge in [0, 0.05) is 28.8 Å². The molecule has 0 aliphatic carbocycles. The van der Waals surface area contributed by atoms with Gasteiger partial charge in [0.1, 0.15) is 5.82 Å². The van der Waals surface area contributed by atoms with Gasteiger partial charge in [0.2, 0.25) is 5.91 Å². The second kappa shape index (κ2) is 6.50. The van der Waals surface area contributed by atoms with Gasteiger partial charge in [-0.1, -0.05) is 6.07 Å². The highest BCUT2D eigenvalue weighted by atomic mass is 79.9. The molecule has 0 bridgehead atoms. The van der Waals surface area contributed by atoms with Crippen LogP contribution in [0.15, 0.2) is 46.9 Å². The van der Waals surface area contributed by atoms with Crippen LogP contribution in [0.2, 0.25) is 0 Å². The fraction of sp³-hybridized carbons (Fsp3) is 0.176. The molecule has 118 valence electrons. The molecule has 3 rings (SSSR count). The molecule has 2 aromatic carbocycles. The molecule has 0 atom stereocenters. The average molecular weight is 377 g/mol. The quantitative estimate of drug-likeness (QED) is 0.880. The van der Waals surface area contributed by atoms with Crippen molar-refractivity contribution in [2.75, 3.05) is 16.8 Å². The van der Waals surface area contributed by atoms with Crippen LogP contribution in [0, 0.1) is 5.82 Å². The first-order chi connectivity index (χ1) is 11.0. The lowest BCUT2D eigenvalue weighted by atomic mass is 10.2. The van der Waals surface area contributed by atoms with Crippen LogP contribution in [-0.2, 0) is 4.79 Å². The van der Waals surface area contributed by atoms with E-state index in [1.54, 1.807) is 23.1 Å². The van der Waals surface area contributed by atoms with Crippen molar-refractivity contribution in [3.05, 3.63) is 58.3 Å². The van der Waals surface area contributed by atoms with Crippen LogP contribution in [0.25, 0.3) is 0 Å². The Morgan fingerprint density at radius 1 is 1.22 bits per heavy atom. The van der Waals surface area contributed by atoms with Crippen LogP contribution in [0.3, 0.4) is 0 Å². The summed E-state index contributed by atoms with van der Waals surface area (Å²) in [6.07, 6.45) is 1.40. The van der Waals surface area contributed by atoms with Crippen LogP contribution >= 0.6 is 15.9 Å². The highest BCUT2D eigenvalue weighted by molar-refractivity contribution is 9.10. The van der Waals surface area contributed by atoms with Crippen LogP contribution in [0.5, 0.6) is 0 Å². The summed E-state index contributed by atoms with van der Waals surface area (Å²) in [6.45, 7) is 0.694. The van der Waals surface area contributed by atoms with Crippen molar-refractivity contribution in [1.29, 1.82) is 0 Å². The third-order valence-corrected chi connectivity index (χ3v) is 4.32. The van der Waals surface area contributed by atoms with Gasteiger partial charge in [-0.05, 0) is 58.7 Å². The smallest absolute Gasteiger partial charge is 0.256 e. The Labute approximate surface area is 141 Å². The molecule has 4 nitrogen and oxygen atoms in total.